The molecule has 0 spiro atoms. The van der Waals surface area contributed by atoms with Gasteiger partial charge < -0.3 is 5.73 Å². The van der Waals surface area contributed by atoms with Gasteiger partial charge >= 0.3 is 5.69 Å². The van der Waals surface area contributed by atoms with Gasteiger partial charge in [-0.05, 0) is 24.3 Å². The molecular formula is C17H24N4O3S. The fourth-order valence-electron chi connectivity index (χ4n) is 2.54. The number of hydrogen-bond donors (Lipinski definition) is 2. The number of nitrogens with zero attached hydrogens (tertiary/aromatic N) is 2. The summed E-state index contributed by atoms with van der Waals surface area (Å²) in [4.78, 5) is 41.6. The van der Waals surface area contributed by atoms with Gasteiger partial charge in [-0.1, -0.05) is 32.8 Å². The molecule has 0 aliphatic heterocycles. The van der Waals surface area contributed by atoms with E-state index in [1.54, 1.807) is 17.5 Å². The quantitative estimate of drug-likeness (QED) is 0.751. The number of hydrogen-bond acceptors (Lipinski definition) is 5. The molecule has 25 heavy (non-hydrogen) atoms. The summed E-state index contributed by atoms with van der Waals surface area (Å²) in [6, 6.07) is 3.50. The van der Waals surface area contributed by atoms with E-state index in [4.69, 9.17) is 5.73 Å². The van der Waals surface area contributed by atoms with Gasteiger partial charge in [0.25, 0.3) is 11.5 Å². The summed E-state index contributed by atoms with van der Waals surface area (Å²) in [5, 5.41) is 1.81. The number of anilines is 2. The minimum Gasteiger partial charge on any atom is -0.383 e. The van der Waals surface area contributed by atoms with E-state index in [9.17, 15) is 14.4 Å². The molecule has 0 aromatic carbocycles. The molecule has 0 atom stereocenters. The molecule has 0 unspecified atom stereocenters. The first kappa shape index (κ1) is 19.0. The topological polar surface area (TPSA) is 101 Å². The molecule has 0 bridgehead atoms. The maximum absolute atomic E-state index is 12.9. The van der Waals surface area contributed by atoms with Gasteiger partial charge in [0, 0.05) is 13.1 Å². The number of aromatic nitrogens is 2. The second-order valence-corrected chi connectivity index (χ2v) is 6.73. The molecule has 0 saturated carbocycles. The number of thiophene rings is 1. The Bertz CT molecular complexity index is 823. The van der Waals surface area contributed by atoms with E-state index in [0.29, 0.717) is 18.0 Å². The van der Waals surface area contributed by atoms with Crippen molar-refractivity contribution in [1.82, 2.24) is 9.55 Å². The molecule has 0 aliphatic carbocycles. The van der Waals surface area contributed by atoms with Crippen molar-refractivity contribution in [3.8, 4) is 0 Å². The maximum atomic E-state index is 12.9. The molecular weight excluding hydrogens is 340 g/mol. The number of carbonyl (C=O) groups is 1. The Balaban J connectivity index is 2.54. The van der Waals surface area contributed by atoms with E-state index in [0.717, 1.165) is 25.7 Å². The van der Waals surface area contributed by atoms with Gasteiger partial charge in [-0.2, -0.15) is 0 Å². The highest BCUT2D eigenvalue weighted by Gasteiger charge is 2.25. The summed E-state index contributed by atoms with van der Waals surface area (Å²) < 4.78 is 1.33. The van der Waals surface area contributed by atoms with Crippen LogP contribution in [0.1, 0.15) is 49.2 Å². The van der Waals surface area contributed by atoms with Crippen LogP contribution in [0.25, 0.3) is 0 Å². The normalized spacial score (nSPS) is 10.8. The van der Waals surface area contributed by atoms with Crippen molar-refractivity contribution in [2.45, 2.75) is 46.1 Å². The third-order valence-corrected chi connectivity index (χ3v) is 4.79. The predicted octanol–water partition coefficient (Wildman–Crippen LogP) is 2.43. The minimum atomic E-state index is -0.628. The number of nitrogens with two attached hydrogens (primary N) is 1. The number of nitrogens with one attached hydrogen (secondary N) is 1. The zero-order valence-corrected chi connectivity index (χ0v) is 15.4. The zero-order chi connectivity index (χ0) is 18.4. The lowest BCUT2D eigenvalue weighted by atomic mass is 10.2. The van der Waals surface area contributed by atoms with Crippen LogP contribution in [0, 0.1) is 0 Å². The number of rotatable bonds is 8. The average Bonchev–Trinajstić information content (AvgIpc) is 3.11. The van der Waals surface area contributed by atoms with Crippen LogP contribution in [0.4, 0.5) is 11.5 Å². The van der Waals surface area contributed by atoms with Crippen LogP contribution in [0.2, 0.25) is 0 Å². The van der Waals surface area contributed by atoms with Crippen LogP contribution in [0.5, 0.6) is 0 Å². The fourth-order valence-corrected chi connectivity index (χ4v) is 3.21. The third-order valence-electron chi connectivity index (χ3n) is 3.93. The highest BCUT2D eigenvalue weighted by Crippen LogP contribution is 2.22. The summed E-state index contributed by atoms with van der Waals surface area (Å²) in [5.74, 6) is -0.232. The molecule has 2 aromatic heterocycles. The monoisotopic (exact) mass is 364 g/mol. The van der Waals surface area contributed by atoms with Gasteiger partial charge in [0.15, 0.2) is 5.69 Å². The van der Waals surface area contributed by atoms with Crippen LogP contribution >= 0.6 is 11.3 Å². The first-order chi connectivity index (χ1) is 12.0. The van der Waals surface area contributed by atoms with Crippen LogP contribution < -0.4 is 21.9 Å². The highest BCUT2D eigenvalue weighted by molar-refractivity contribution is 7.12. The molecule has 3 N–H and O–H groups in total. The van der Waals surface area contributed by atoms with Gasteiger partial charge in [-0.15, -0.1) is 11.3 Å². The summed E-state index contributed by atoms with van der Waals surface area (Å²) in [6.45, 7) is 4.78. The van der Waals surface area contributed by atoms with Gasteiger partial charge in [0.1, 0.15) is 5.82 Å². The minimum absolute atomic E-state index is 0.0446. The molecule has 7 nitrogen and oxygen atoms in total. The predicted molar refractivity (Wildman–Crippen MR) is 102 cm³/mol. The standard InChI is InChI=1S/C17H24N4O3S/c1-3-5-9-20(16(23)12-8-7-11-25-12)13-14(18)21(10-6-4-2)17(24)19-15(13)22/h7-8,11H,3-6,9-10,18H2,1-2H3,(H,19,22,24). The molecule has 2 heterocycles. The molecule has 2 rings (SSSR count). The molecule has 0 fully saturated rings. The van der Waals surface area contributed by atoms with E-state index >= 15 is 0 Å². The van der Waals surface area contributed by atoms with Crippen molar-refractivity contribution >= 4 is 28.7 Å². The van der Waals surface area contributed by atoms with Crippen LogP contribution in [0.3, 0.4) is 0 Å². The van der Waals surface area contributed by atoms with E-state index < -0.39 is 11.2 Å². The summed E-state index contributed by atoms with van der Waals surface area (Å²) >= 11 is 1.31. The molecule has 0 aliphatic rings. The van der Waals surface area contributed by atoms with Gasteiger partial charge in [0.05, 0.1) is 4.88 Å². The van der Waals surface area contributed by atoms with Crippen molar-refractivity contribution in [1.29, 1.82) is 0 Å². The molecule has 136 valence electrons. The van der Waals surface area contributed by atoms with E-state index in [2.05, 4.69) is 4.98 Å². The van der Waals surface area contributed by atoms with Crippen LogP contribution in [-0.4, -0.2) is 22.0 Å². The van der Waals surface area contributed by atoms with Crippen LogP contribution in [-0.2, 0) is 6.54 Å². The number of nitrogen functional groups attached to an aromatic ring is 1. The van der Waals surface area contributed by atoms with Gasteiger partial charge in [-0.3, -0.25) is 24.0 Å². The van der Waals surface area contributed by atoms with Crippen molar-refractivity contribution in [3.05, 3.63) is 43.2 Å². The SMILES string of the molecule is CCCCN(C(=O)c1cccs1)c1c(N)n(CCCC)c(=O)[nH]c1=O. The number of H-pyrrole nitrogens is 1. The maximum Gasteiger partial charge on any atom is 0.330 e. The lowest BCUT2D eigenvalue weighted by Crippen LogP contribution is -2.41. The summed E-state index contributed by atoms with van der Waals surface area (Å²) in [7, 11) is 0. The molecule has 2 aromatic rings. The number of aromatic amines is 1. The second kappa shape index (κ2) is 8.66. The Morgan fingerprint density at radius 2 is 2.00 bits per heavy atom. The Labute approximate surface area is 150 Å². The lowest BCUT2D eigenvalue weighted by molar-refractivity contribution is 0.0990. The molecule has 8 heteroatoms. The number of unbranched alkanes of at least 4 members (excludes halogenated alkanes) is 2. The lowest BCUT2D eigenvalue weighted by Gasteiger charge is -2.24. The molecule has 0 radical (unpaired) electrons. The van der Waals surface area contributed by atoms with Gasteiger partial charge in [0.2, 0.25) is 0 Å². The van der Waals surface area contributed by atoms with Crippen molar-refractivity contribution in [2.24, 2.45) is 0 Å². The van der Waals surface area contributed by atoms with Crippen molar-refractivity contribution in [3.63, 3.8) is 0 Å². The fraction of sp³-hybridized carbons (Fsp3) is 0.471. The smallest absolute Gasteiger partial charge is 0.330 e. The highest BCUT2D eigenvalue weighted by atomic mass is 32.1. The number of carbonyl (C=O) groups excluding carboxylic acids is 1. The first-order valence-electron chi connectivity index (χ1n) is 8.49. The molecule has 0 saturated heterocycles. The van der Waals surface area contributed by atoms with E-state index in [1.165, 1.54) is 20.8 Å². The Morgan fingerprint density at radius 1 is 1.28 bits per heavy atom. The summed E-state index contributed by atoms with van der Waals surface area (Å²) in [6.07, 6.45) is 3.23. The Kier molecular flexibility index (Phi) is 6.58. The second-order valence-electron chi connectivity index (χ2n) is 5.79. The van der Waals surface area contributed by atoms with E-state index in [-0.39, 0.29) is 17.4 Å². The van der Waals surface area contributed by atoms with Crippen LogP contribution in [0.15, 0.2) is 27.1 Å². The first-order valence-corrected chi connectivity index (χ1v) is 9.37. The Hall–Kier alpha value is -2.35. The third kappa shape index (κ3) is 4.19. The van der Waals surface area contributed by atoms with Crippen molar-refractivity contribution in [2.75, 3.05) is 17.2 Å². The zero-order valence-electron chi connectivity index (χ0n) is 14.6. The van der Waals surface area contributed by atoms with Crippen molar-refractivity contribution < 1.29 is 4.79 Å². The summed E-state index contributed by atoms with van der Waals surface area (Å²) in [5.41, 5.74) is 5.03. The average molecular weight is 364 g/mol. The largest absolute Gasteiger partial charge is 0.383 e. The Morgan fingerprint density at radius 3 is 2.60 bits per heavy atom. The van der Waals surface area contributed by atoms with Gasteiger partial charge in [-0.25, -0.2) is 4.79 Å². The molecule has 1 amide bonds. The van der Waals surface area contributed by atoms with E-state index in [1.807, 2.05) is 13.8 Å². The number of amides is 1.